The van der Waals surface area contributed by atoms with Gasteiger partial charge in [-0.3, -0.25) is 14.4 Å². The molecule has 2 saturated heterocycles. The van der Waals surface area contributed by atoms with Crippen LogP contribution in [-0.4, -0.2) is 60.9 Å². The molecular formula is C24H31N3O5. The fourth-order valence-electron chi connectivity index (χ4n) is 5.48. The van der Waals surface area contributed by atoms with Crippen LogP contribution in [0.4, 0.5) is 0 Å². The molecule has 1 saturated carbocycles. The Morgan fingerprint density at radius 2 is 1.97 bits per heavy atom. The maximum absolute atomic E-state index is 13.4. The topological polar surface area (TPSA) is 105 Å². The summed E-state index contributed by atoms with van der Waals surface area (Å²) in [5, 5.41) is 5.57. The second kappa shape index (κ2) is 8.56. The number of amides is 3. The highest BCUT2D eigenvalue weighted by Crippen LogP contribution is 2.64. The van der Waals surface area contributed by atoms with Gasteiger partial charge in [0, 0.05) is 19.0 Å². The third-order valence-corrected chi connectivity index (χ3v) is 7.48. The average molecular weight is 442 g/mol. The summed E-state index contributed by atoms with van der Waals surface area (Å²) >= 11 is 0. The number of hydrogen-bond acceptors (Lipinski definition) is 5. The predicted molar refractivity (Wildman–Crippen MR) is 116 cm³/mol. The first kappa shape index (κ1) is 22.3. The Hall–Kier alpha value is -2.90. The highest BCUT2D eigenvalue weighted by molar-refractivity contribution is 5.93. The van der Waals surface area contributed by atoms with E-state index in [0.29, 0.717) is 19.5 Å². The van der Waals surface area contributed by atoms with Crippen molar-refractivity contribution >= 4 is 23.7 Å². The molecule has 2 heterocycles. The molecule has 0 unspecified atom stereocenters. The zero-order valence-corrected chi connectivity index (χ0v) is 18.8. The van der Waals surface area contributed by atoms with Gasteiger partial charge in [0.15, 0.2) is 0 Å². The van der Waals surface area contributed by atoms with Crippen LogP contribution < -0.4 is 10.6 Å². The van der Waals surface area contributed by atoms with E-state index in [-0.39, 0.29) is 53.7 Å². The molecule has 172 valence electrons. The van der Waals surface area contributed by atoms with Crippen LogP contribution in [0.2, 0.25) is 0 Å². The van der Waals surface area contributed by atoms with Gasteiger partial charge in [-0.2, -0.15) is 0 Å². The van der Waals surface area contributed by atoms with Crippen molar-refractivity contribution in [2.45, 2.75) is 45.2 Å². The fourth-order valence-corrected chi connectivity index (χ4v) is 5.48. The summed E-state index contributed by atoms with van der Waals surface area (Å²) in [7, 11) is 1.27. The molecule has 8 heteroatoms. The lowest BCUT2D eigenvalue weighted by atomic mass is 9.96. The standard InChI is InChI=1S/C24H31N3O5/c1-24(2)16-13-27(18(28)11-14-7-5-4-6-8-14)20(19(16)24)22(30)26-17(23(31)32-3)12-15-9-10-25-21(15)29/h4-8,15-17,19-20H,9-13H2,1-3H3,(H,25,29)(H,26,30)/t15-,16-,17-,19-,20-/m0/s1. The summed E-state index contributed by atoms with van der Waals surface area (Å²) in [6.07, 6.45) is 1.03. The van der Waals surface area contributed by atoms with E-state index in [1.165, 1.54) is 7.11 Å². The molecule has 1 aromatic rings. The maximum Gasteiger partial charge on any atom is 0.328 e. The highest BCUT2D eigenvalue weighted by atomic mass is 16.5. The summed E-state index contributed by atoms with van der Waals surface area (Å²) in [5.41, 5.74) is 0.869. The molecule has 0 aromatic heterocycles. The second-order valence-corrected chi connectivity index (χ2v) is 9.70. The minimum absolute atomic E-state index is 0.0301. The van der Waals surface area contributed by atoms with Gasteiger partial charge in [0.1, 0.15) is 12.1 Å². The summed E-state index contributed by atoms with van der Waals surface area (Å²) in [5.74, 6) is -1.17. The fraction of sp³-hybridized carbons (Fsp3) is 0.583. The average Bonchev–Trinajstić information content (AvgIpc) is 3.14. The van der Waals surface area contributed by atoms with Crippen molar-refractivity contribution in [1.82, 2.24) is 15.5 Å². The normalized spacial score (nSPS) is 28.5. The number of rotatable bonds is 7. The number of benzene rings is 1. The Kier molecular flexibility index (Phi) is 5.97. The van der Waals surface area contributed by atoms with E-state index in [0.717, 1.165) is 5.56 Å². The van der Waals surface area contributed by atoms with E-state index in [4.69, 9.17) is 4.74 Å². The first-order valence-electron chi connectivity index (χ1n) is 11.2. The van der Waals surface area contributed by atoms with Crippen LogP contribution in [0.1, 0.15) is 32.3 Å². The molecular weight excluding hydrogens is 410 g/mol. The number of piperidine rings is 1. The Labute approximate surface area is 188 Å². The summed E-state index contributed by atoms with van der Waals surface area (Å²) in [6.45, 7) is 5.33. The molecule has 8 nitrogen and oxygen atoms in total. The number of methoxy groups -OCH3 is 1. The van der Waals surface area contributed by atoms with Crippen LogP contribution in [-0.2, 0) is 30.3 Å². The van der Waals surface area contributed by atoms with E-state index in [9.17, 15) is 19.2 Å². The number of ether oxygens (including phenoxy) is 1. The van der Waals surface area contributed by atoms with E-state index in [2.05, 4.69) is 24.5 Å². The van der Waals surface area contributed by atoms with E-state index in [1.54, 1.807) is 4.90 Å². The first-order chi connectivity index (χ1) is 15.2. The van der Waals surface area contributed by atoms with Gasteiger partial charge in [0.05, 0.1) is 13.5 Å². The number of fused-ring (bicyclic) bond motifs is 1. The smallest absolute Gasteiger partial charge is 0.328 e. The summed E-state index contributed by atoms with van der Waals surface area (Å²) in [4.78, 5) is 52.6. The van der Waals surface area contributed by atoms with Crippen molar-refractivity contribution in [2.75, 3.05) is 20.2 Å². The van der Waals surface area contributed by atoms with Crippen molar-refractivity contribution in [3.05, 3.63) is 35.9 Å². The van der Waals surface area contributed by atoms with Gasteiger partial charge < -0.3 is 20.3 Å². The number of carbonyl (C=O) groups is 4. The molecule has 32 heavy (non-hydrogen) atoms. The largest absolute Gasteiger partial charge is 0.467 e. The number of likely N-dealkylation sites (tertiary alicyclic amines) is 1. The minimum Gasteiger partial charge on any atom is -0.467 e. The first-order valence-corrected chi connectivity index (χ1v) is 11.2. The molecule has 3 fully saturated rings. The summed E-state index contributed by atoms with van der Waals surface area (Å²) < 4.78 is 4.89. The number of nitrogens with zero attached hydrogens (tertiary/aromatic N) is 1. The lowest BCUT2D eigenvalue weighted by molar-refractivity contribution is -0.147. The van der Waals surface area contributed by atoms with Crippen molar-refractivity contribution in [2.24, 2.45) is 23.2 Å². The van der Waals surface area contributed by atoms with Crippen molar-refractivity contribution < 1.29 is 23.9 Å². The Morgan fingerprint density at radius 1 is 1.25 bits per heavy atom. The van der Waals surface area contributed by atoms with Crippen LogP contribution in [0.25, 0.3) is 0 Å². The number of hydrogen-bond donors (Lipinski definition) is 2. The predicted octanol–water partition coefficient (Wildman–Crippen LogP) is 0.896. The zero-order chi connectivity index (χ0) is 23.0. The third kappa shape index (κ3) is 4.10. The molecule has 3 amide bonds. The molecule has 5 atom stereocenters. The van der Waals surface area contributed by atoms with Gasteiger partial charge >= 0.3 is 5.97 Å². The van der Waals surface area contributed by atoms with Gasteiger partial charge in [-0.15, -0.1) is 0 Å². The molecule has 1 aromatic carbocycles. The Balaban J connectivity index is 1.49. The monoisotopic (exact) mass is 441 g/mol. The number of esters is 1. The summed E-state index contributed by atoms with van der Waals surface area (Å²) in [6, 6.07) is 7.91. The molecule has 3 aliphatic rings. The zero-order valence-electron chi connectivity index (χ0n) is 18.8. The number of nitrogens with one attached hydrogen (secondary N) is 2. The van der Waals surface area contributed by atoms with Gasteiger partial charge in [-0.25, -0.2) is 4.79 Å². The quantitative estimate of drug-likeness (QED) is 0.612. The third-order valence-electron chi connectivity index (χ3n) is 7.48. The van der Waals surface area contributed by atoms with Crippen molar-refractivity contribution in [3.8, 4) is 0 Å². The SMILES string of the molecule is COC(=O)[C@H](C[C@@H]1CCNC1=O)NC(=O)[C@@H]1[C@@H]2[C@H](CN1C(=O)Cc1ccccc1)C2(C)C. The van der Waals surface area contributed by atoms with Crippen LogP contribution in [0, 0.1) is 23.2 Å². The Morgan fingerprint density at radius 3 is 2.59 bits per heavy atom. The van der Waals surface area contributed by atoms with Gasteiger partial charge in [0.2, 0.25) is 17.7 Å². The van der Waals surface area contributed by atoms with Gasteiger partial charge in [-0.1, -0.05) is 44.2 Å². The molecule has 2 aliphatic heterocycles. The maximum atomic E-state index is 13.4. The van der Waals surface area contributed by atoms with E-state index >= 15 is 0 Å². The lowest BCUT2D eigenvalue weighted by Gasteiger charge is -2.31. The molecule has 2 N–H and O–H groups in total. The Bertz CT molecular complexity index is 915. The van der Waals surface area contributed by atoms with Crippen molar-refractivity contribution in [3.63, 3.8) is 0 Å². The molecule has 4 rings (SSSR count). The van der Waals surface area contributed by atoms with Crippen LogP contribution >= 0.6 is 0 Å². The van der Waals surface area contributed by atoms with Crippen LogP contribution in [0.15, 0.2) is 30.3 Å². The van der Waals surface area contributed by atoms with Gasteiger partial charge in [0.25, 0.3) is 0 Å². The van der Waals surface area contributed by atoms with Crippen LogP contribution in [0.5, 0.6) is 0 Å². The highest BCUT2D eigenvalue weighted by Gasteiger charge is 2.69. The second-order valence-electron chi connectivity index (χ2n) is 9.70. The van der Waals surface area contributed by atoms with Crippen LogP contribution in [0.3, 0.4) is 0 Å². The molecule has 0 spiro atoms. The van der Waals surface area contributed by atoms with E-state index in [1.807, 2.05) is 30.3 Å². The van der Waals surface area contributed by atoms with Crippen molar-refractivity contribution in [1.29, 1.82) is 0 Å². The molecule has 0 bridgehead atoms. The minimum atomic E-state index is -0.923. The van der Waals surface area contributed by atoms with Gasteiger partial charge in [-0.05, 0) is 35.7 Å². The number of carbonyl (C=O) groups excluding carboxylic acids is 4. The molecule has 0 radical (unpaired) electrons. The van der Waals surface area contributed by atoms with E-state index < -0.39 is 18.1 Å². The molecule has 1 aliphatic carbocycles. The lowest BCUT2D eigenvalue weighted by Crippen LogP contribution is -2.54.